The summed E-state index contributed by atoms with van der Waals surface area (Å²) in [5.74, 6) is -10.3. The fourth-order valence-electron chi connectivity index (χ4n) is 7.70. The van der Waals surface area contributed by atoms with E-state index >= 15 is 0 Å². The highest BCUT2D eigenvalue weighted by Crippen LogP contribution is 2.31. The number of hydrogen-bond acceptors (Lipinski definition) is 17. The van der Waals surface area contributed by atoms with Gasteiger partial charge in [0.05, 0.1) is 88.0 Å². The molecule has 3 rings (SSSR count). The Morgan fingerprint density at radius 2 is 1.34 bits per heavy atom. The summed E-state index contributed by atoms with van der Waals surface area (Å²) in [6.45, 7) is 0.150. The molecule has 0 bridgehead atoms. The van der Waals surface area contributed by atoms with Crippen molar-refractivity contribution in [1.82, 2.24) is 56.1 Å². The number of unbranched alkanes of at least 4 members (excludes halogenated alkanes) is 1. The van der Waals surface area contributed by atoms with Gasteiger partial charge in [0.25, 0.3) is 11.8 Å². The van der Waals surface area contributed by atoms with Crippen LogP contribution in [0.3, 0.4) is 0 Å². The number of aliphatic carboxylic acids is 3. The van der Waals surface area contributed by atoms with Crippen LogP contribution in [0.25, 0.3) is 0 Å². The molecule has 2 fully saturated rings. The zero-order valence-electron chi connectivity index (χ0n) is 41.3. The van der Waals surface area contributed by atoms with Crippen LogP contribution in [0.5, 0.6) is 0 Å². The molecule has 2 saturated heterocycles. The Labute approximate surface area is 431 Å². The van der Waals surface area contributed by atoms with Crippen molar-refractivity contribution in [2.24, 2.45) is 0 Å². The number of carbonyl (C=O) groups excluding carboxylic acids is 6. The van der Waals surface area contributed by atoms with Gasteiger partial charge in [-0.15, -0.1) is 0 Å². The lowest BCUT2D eigenvalue weighted by molar-refractivity contribution is -0.140. The molecule has 0 spiro atoms. The van der Waals surface area contributed by atoms with Crippen LogP contribution >= 0.6 is 11.6 Å². The van der Waals surface area contributed by atoms with Crippen molar-refractivity contribution in [3.63, 3.8) is 0 Å². The van der Waals surface area contributed by atoms with Crippen LogP contribution < -0.4 is 26.6 Å². The van der Waals surface area contributed by atoms with Gasteiger partial charge in [-0.05, 0) is 25.3 Å². The van der Waals surface area contributed by atoms with Crippen molar-refractivity contribution in [2.75, 3.05) is 132 Å². The van der Waals surface area contributed by atoms with Crippen molar-refractivity contribution in [2.45, 2.75) is 63.1 Å². The summed E-state index contributed by atoms with van der Waals surface area (Å²) in [6.07, 6.45) is 0.600. The number of nitriles is 1. The van der Waals surface area contributed by atoms with E-state index in [1.165, 1.54) is 13.2 Å². The molecule has 0 aromatic carbocycles. The summed E-state index contributed by atoms with van der Waals surface area (Å²) in [6, 6.07) is 0.527. The smallest absolute Gasteiger partial charge is 0.317 e. The largest absolute Gasteiger partial charge is 0.480 e. The minimum absolute atomic E-state index is 0.0916. The molecule has 2 atom stereocenters. The molecule has 2 aliphatic rings. The van der Waals surface area contributed by atoms with Gasteiger partial charge in [-0.1, -0.05) is 11.6 Å². The number of carbonyl (C=O) groups is 9. The van der Waals surface area contributed by atoms with E-state index in [-0.39, 0.29) is 146 Å². The number of likely N-dealkylation sites (tertiary alicyclic amines) is 1. The first kappa shape index (κ1) is 62.1. The number of nitrogens with one attached hydrogen (secondary N) is 5. The highest BCUT2D eigenvalue weighted by molar-refractivity contribution is 6.33. The molecule has 3 heterocycles. The summed E-state index contributed by atoms with van der Waals surface area (Å²) in [7, 11) is 1.51. The first-order chi connectivity index (χ1) is 35.2. The second-order valence-corrected chi connectivity index (χ2v) is 17.9. The van der Waals surface area contributed by atoms with Crippen LogP contribution in [-0.4, -0.2) is 248 Å². The highest BCUT2D eigenvalue weighted by atomic mass is 35.5. The summed E-state index contributed by atoms with van der Waals surface area (Å²) in [4.78, 5) is 124. The second kappa shape index (κ2) is 32.9. The molecule has 1 aromatic heterocycles. The molecule has 74 heavy (non-hydrogen) atoms. The topological polar surface area (TPSA) is 346 Å². The first-order valence-corrected chi connectivity index (χ1v) is 24.3. The first-order valence-electron chi connectivity index (χ1n) is 23.9. The third kappa shape index (κ3) is 24.7. The molecule has 1 aromatic rings. The monoisotopic (exact) mass is 1070 g/mol. The van der Waals surface area contributed by atoms with E-state index in [0.717, 1.165) is 6.20 Å². The molecular formula is C45H67ClF2N12O14. The molecule has 26 nitrogen and oxygen atoms in total. The number of amides is 6. The fraction of sp³-hybridized carbons (Fsp3) is 0.667. The van der Waals surface area contributed by atoms with Crippen molar-refractivity contribution in [3.05, 3.63) is 28.5 Å². The van der Waals surface area contributed by atoms with Gasteiger partial charge in [-0.25, -0.2) is 8.78 Å². The van der Waals surface area contributed by atoms with Gasteiger partial charge in [-0.3, -0.25) is 67.7 Å². The van der Waals surface area contributed by atoms with Crippen LogP contribution in [-0.2, 0) is 54.4 Å². The van der Waals surface area contributed by atoms with Crippen LogP contribution in [0.15, 0.2) is 12.3 Å². The molecule has 0 aliphatic carbocycles. The van der Waals surface area contributed by atoms with Crippen LogP contribution in [0.2, 0.25) is 5.02 Å². The van der Waals surface area contributed by atoms with Crippen molar-refractivity contribution < 1.29 is 76.7 Å². The van der Waals surface area contributed by atoms with E-state index in [1.807, 2.05) is 0 Å². The molecule has 1 unspecified atom stereocenters. The Morgan fingerprint density at radius 3 is 1.89 bits per heavy atom. The van der Waals surface area contributed by atoms with E-state index in [1.54, 1.807) is 25.7 Å². The third-order valence-corrected chi connectivity index (χ3v) is 11.9. The number of methoxy groups -OCH3 is 1. The molecule has 0 saturated carbocycles. The summed E-state index contributed by atoms with van der Waals surface area (Å²) < 4.78 is 37.9. The molecule has 29 heteroatoms. The van der Waals surface area contributed by atoms with Gasteiger partial charge in [-0.2, -0.15) is 5.26 Å². The van der Waals surface area contributed by atoms with Crippen molar-refractivity contribution in [3.8, 4) is 6.07 Å². The van der Waals surface area contributed by atoms with Crippen molar-refractivity contribution in [1.29, 1.82) is 5.26 Å². The van der Waals surface area contributed by atoms with E-state index in [2.05, 4.69) is 31.6 Å². The molecule has 0 radical (unpaired) electrons. The molecular weight excluding hydrogens is 1010 g/mol. The standard InChI is InChI=1S/C45H67ClF2N12O14/c1-73-18-19-74-17-8-51-44(72)35(4-2-3-7-50-38(63)26-56-9-11-57(27-40(65)66)13-15-59(29-42(69)70)16-14-58(12-10-56)28-41(67)68)55-37(62)6-5-36(61)53-23-31-20-33(34(46)24-52-31)43(71)54-25-39(64)60-30-45(47,48)21-32(60)22-49/h20,24,32,35H,2-19,21,23,25-30H2,1H3,(H,50,63)(H,51,72)(H,53,61)(H,54,71)(H,55,62)(H,65,66)(H,67,68)(H,69,70)/t32-,35?/m0/s1. The number of carboxylic acids is 3. The Kier molecular flexibility index (Phi) is 27.6. The number of rotatable bonds is 29. The minimum Gasteiger partial charge on any atom is -0.480 e. The summed E-state index contributed by atoms with van der Waals surface area (Å²) in [5.41, 5.74) is 0.0355. The Balaban J connectivity index is 1.52. The quantitative estimate of drug-likeness (QED) is 0.0389. The van der Waals surface area contributed by atoms with Gasteiger partial charge in [0.15, 0.2) is 0 Å². The third-order valence-electron chi connectivity index (χ3n) is 11.6. The number of alkyl halides is 2. The van der Waals surface area contributed by atoms with Gasteiger partial charge >= 0.3 is 17.9 Å². The number of halogens is 3. The second-order valence-electron chi connectivity index (χ2n) is 17.5. The van der Waals surface area contributed by atoms with E-state index in [4.69, 9.17) is 26.3 Å². The van der Waals surface area contributed by atoms with E-state index in [0.29, 0.717) is 31.0 Å². The van der Waals surface area contributed by atoms with Crippen LogP contribution in [0.1, 0.15) is 54.6 Å². The van der Waals surface area contributed by atoms with Crippen molar-refractivity contribution >= 4 is 65.0 Å². The summed E-state index contributed by atoms with van der Waals surface area (Å²) >= 11 is 6.15. The zero-order chi connectivity index (χ0) is 54.6. The number of nitrogens with zero attached hydrogens (tertiary/aromatic N) is 7. The predicted molar refractivity (Wildman–Crippen MR) is 257 cm³/mol. The van der Waals surface area contributed by atoms with Gasteiger partial charge in [0.1, 0.15) is 12.1 Å². The van der Waals surface area contributed by atoms with E-state index in [9.17, 15) is 67.3 Å². The molecule has 2 aliphatic heterocycles. The molecule has 6 amide bonds. The van der Waals surface area contributed by atoms with Crippen LogP contribution in [0.4, 0.5) is 8.78 Å². The van der Waals surface area contributed by atoms with Gasteiger partial charge < -0.3 is 56.3 Å². The Hall–Kier alpha value is -6.22. The number of hydrogen-bond donors (Lipinski definition) is 8. The number of ether oxygens (including phenoxy) is 2. The Bertz CT molecular complexity index is 2090. The number of pyridine rings is 1. The number of aromatic nitrogens is 1. The number of carboxylic acid groups (broad SMARTS) is 3. The predicted octanol–water partition coefficient (Wildman–Crippen LogP) is -2.35. The maximum absolute atomic E-state index is 13.8. The zero-order valence-corrected chi connectivity index (χ0v) is 42.0. The van der Waals surface area contributed by atoms with Gasteiger partial charge in [0.2, 0.25) is 29.5 Å². The maximum atomic E-state index is 13.8. The lowest BCUT2D eigenvalue weighted by Crippen LogP contribution is -2.49. The lowest BCUT2D eigenvalue weighted by atomic mass is 10.1. The Morgan fingerprint density at radius 1 is 0.770 bits per heavy atom. The average Bonchev–Trinajstić information content (AvgIpc) is 3.67. The minimum atomic E-state index is -3.24. The average molecular weight is 1070 g/mol. The summed E-state index contributed by atoms with van der Waals surface area (Å²) in [5, 5.41) is 50.5. The van der Waals surface area contributed by atoms with E-state index < -0.39 is 85.0 Å². The SMILES string of the molecule is COCCOCCNC(=O)C(CCCCNC(=O)CN1CCN(CC(=O)O)CCN(CC(=O)O)CCN(CC(=O)O)CC1)NC(=O)CCC(=O)NCc1cc(C(=O)NCC(=O)N2CC(F)(F)C[C@H]2C#N)c(Cl)cn1. The highest BCUT2D eigenvalue weighted by Gasteiger charge is 2.47. The fourth-order valence-corrected chi connectivity index (χ4v) is 7.89. The maximum Gasteiger partial charge on any atom is 0.317 e. The molecule has 8 N–H and O–H groups in total. The molecule has 412 valence electrons. The lowest BCUT2D eigenvalue weighted by Gasteiger charge is -2.32. The van der Waals surface area contributed by atoms with Gasteiger partial charge in [0, 0.05) is 98.0 Å². The normalized spacial score (nSPS) is 17.4. The van der Waals surface area contributed by atoms with Crippen LogP contribution in [0, 0.1) is 11.3 Å².